The Bertz CT molecular complexity index is 895. The van der Waals surface area contributed by atoms with Crippen molar-refractivity contribution in [3.8, 4) is 11.5 Å². The van der Waals surface area contributed by atoms with Crippen LogP contribution in [0, 0.1) is 6.92 Å². The molecule has 4 rings (SSSR count). The third-order valence-electron chi connectivity index (χ3n) is 4.98. The van der Waals surface area contributed by atoms with E-state index < -0.39 is 11.6 Å². The molecule has 6 heteroatoms. The number of imide groups is 1. The van der Waals surface area contributed by atoms with Crippen molar-refractivity contribution in [2.45, 2.75) is 25.9 Å². The first-order valence-electron chi connectivity index (χ1n) is 8.58. The minimum atomic E-state index is -1.13. The molecule has 2 aliphatic rings. The van der Waals surface area contributed by atoms with Gasteiger partial charge in [-0.2, -0.15) is 0 Å². The Morgan fingerprint density at radius 3 is 2.58 bits per heavy atom. The first-order valence-corrected chi connectivity index (χ1v) is 8.58. The number of amides is 3. The first kappa shape index (κ1) is 16.4. The topological polar surface area (TPSA) is 67.9 Å². The zero-order valence-electron chi connectivity index (χ0n) is 14.7. The number of benzene rings is 2. The van der Waals surface area contributed by atoms with Crippen molar-refractivity contribution in [1.82, 2.24) is 10.2 Å². The van der Waals surface area contributed by atoms with Crippen LogP contribution in [0.2, 0.25) is 0 Å². The Balaban J connectivity index is 1.64. The smallest absolute Gasteiger partial charge is 0.325 e. The van der Waals surface area contributed by atoms with E-state index in [9.17, 15) is 9.59 Å². The zero-order chi connectivity index (χ0) is 18.3. The van der Waals surface area contributed by atoms with Crippen LogP contribution in [0.1, 0.15) is 23.6 Å². The maximum absolute atomic E-state index is 13.1. The van der Waals surface area contributed by atoms with E-state index in [0.29, 0.717) is 30.3 Å². The van der Waals surface area contributed by atoms with Gasteiger partial charge in [0.15, 0.2) is 11.5 Å². The number of carbonyl (C=O) groups is 2. The standard InChI is InChI=1S/C20H20N2O4/c1-13-5-3-4-6-14(13)12-22-18(23)20(2,21-19(22)24)15-7-8-16-17(11-15)26-10-9-25-16/h3-8,11H,9-10,12H2,1-2H3,(H,21,24)/t20-/m0/s1. The van der Waals surface area contributed by atoms with Gasteiger partial charge in [-0.05, 0) is 42.7 Å². The molecule has 1 N–H and O–H groups in total. The fourth-order valence-corrected chi connectivity index (χ4v) is 3.35. The van der Waals surface area contributed by atoms with Crippen molar-refractivity contribution >= 4 is 11.9 Å². The summed E-state index contributed by atoms with van der Waals surface area (Å²) in [6, 6.07) is 12.7. The van der Waals surface area contributed by atoms with Crippen molar-refractivity contribution in [1.29, 1.82) is 0 Å². The van der Waals surface area contributed by atoms with Gasteiger partial charge in [0.1, 0.15) is 18.8 Å². The second-order valence-corrected chi connectivity index (χ2v) is 6.73. The molecule has 26 heavy (non-hydrogen) atoms. The van der Waals surface area contributed by atoms with Crippen LogP contribution in [0.3, 0.4) is 0 Å². The predicted molar refractivity (Wildman–Crippen MR) is 95.0 cm³/mol. The molecule has 1 fully saturated rings. The molecule has 2 aromatic rings. The summed E-state index contributed by atoms with van der Waals surface area (Å²) in [5.74, 6) is 0.967. The number of carbonyl (C=O) groups excluding carboxylic acids is 2. The van der Waals surface area contributed by atoms with Gasteiger partial charge in [0.2, 0.25) is 0 Å². The molecular weight excluding hydrogens is 332 g/mol. The number of nitrogens with one attached hydrogen (secondary N) is 1. The number of hydrogen-bond acceptors (Lipinski definition) is 4. The number of urea groups is 1. The molecule has 0 spiro atoms. The molecule has 0 bridgehead atoms. The summed E-state index contributed by atoms with van der Waals surface area (Å²) in [6.45, 7) is 4.90. The van der Waals surface area contributed by atoms with Crippen LogP contribution in [0.4, 0.5) is 4.79 Å². The Morgan fingerprint density at radius 1 is 1.08 bits per heavy atom. The van der Waals surface area contributed by atoms with E-state index in [1.807, 2.05) is 31.2 Å². The van der Waals surface area contributed by atoms with Gasteiger partial charge < -0.3 is 14.8 Å². The van der Waals surface area contributed by atoms with Crippen molar-refractivity contribution in [3.63, 3.8) is 0 Å². The number of rotatable bonds is 3. The first-order chi connectivity index (χ1) is 12.5. The lowest BCUT2D eigenvalue weighted by Gasteiger charge is -2.25. The van der Waals surface area contributed by atoms with Crippen molar-refractivity contribution in [2.24, 2.45) is 0 Å². The van der Waals surface area contributed by atoms with Crippen LogP contribution in [0.25, 0.3) is 0 Å². The summed E-state index contributed by atoms with van der Waals surface area (Å²) in [5, 5.41) is 2.83. The van der Waals surface area contributed by atoms with Crippen LogP contribution in [0.5, 0.6) is 11.5 Å². The highest BCUT2D eigenvalue weighted by Gasteiger charge is 2.49. The van der Waals surface area contributed by atoms with Gasteiger partial charge in [-0.3, -0.25) is 9.69 Å². The molecule has 3 amide bonds. The largest absolute Gasteiger partial charge is 0.486 e. The highest BCUT2D eigenvalue weighted by Crippen LogP contribution is 2.37. The number of nitrogens with zero attached hydrogens (tertiary/aromatic N) is 1. The summed E-state index contributed by atoms with van der Waals surface area (Å²) in [7, 11) is 0. The summed E-state index contributed by atoms with van der Waals surface area (Å²) in [6.07, 6.45) is 0. The summed E-state index contributed by atoms with van der Waals surface area (Å²) < 4.78 is 11.1. The molecule has 2 aromatic carbocycles. The third-order valence-corrected chi connectivity index (χ3v) is 4.98. The molecule has 2 heterocycles. The van der Waals surface area contributed by atoms with Gasteiger partial charge in [-0.25, -0.2) is 4.79 Å². The molecule has 134 valence electrons. The molecule has 6 nitrogen and oxygen atoms in total. The number of aryl methyl sites for hydroxylation is 1. The van der Waals surface area contributed by atoms with E-state index in [1.165, 1.54) is 4.90 Å². The maximum Gasteiger partial charge on any atom is 0.325 e. The normalized spacial score (nSPS) is 21.7. The monoisotopic (exact) mass is 352 g/mol. The average Bonchev–Trinajstić information content (AvgIpc) is 2.87. The number of hydrogen-bond donors (Lipinski definition) is 1. The molecule has 2 aliphatic heterocycles. The van der Waals surface area contributed by atoms with Crippen molar-refractivity contribution < 1.29 is 19.1 Å². The SMILES string of the molecule is Cc1ccccc1CN1C(=O)N[C@@](C)(c2ccc3c(c2)OCCO3)C1=O. The maximum atomic E-state index is 13.1. The van der Waals surface area contributed by atoms with E-state index in [4.69, 9.17) is 9.47 Å². The Morgan fingerprint density at radius 2 is 1.81 bits per heavy atom. The summed E-state index contributed by atoms with van der Waals surface area (Å²) in [4.78, 5) is 26.9. The lowest BCUT2D eigenvalue weighted by atomic mass is 9.91. The van der Waals surface area contributed by atoms with Crippen LogP contribution < -0.4 is 14.8 Å². The van der Waals surface area contributed by atoms with E-state index in [2.05, 4.69) is 5.32 Å². The van der Waals surface area contributed by atoms with Gasteiger partial charge >= 0.3 is 6.03 Å². The molecule has 0 radical (unpaired) electrons. The Kier molecular flexibility index (Phi) is 3.83. The minimum absolute atomic E-state index is 0.248. The van der Waals surface area contributed by atoms with E-state index in [0.717, 1.165) is 11.1 Å². The highest BCUT2D eigenvalue weighted by molar-refractivity contribution is 6.07. The third kappa shape index (κ3) is 2.58. The van der Waals surface area contributed by atoms with Crippen molar-refractivity contribution in [2.75, 3.05) is 13.2 Å². The molecular formula is C20H20N2O4. The Hall–Kier alpha value is -3.02. The minimum Gasteiger partial charge on any atom is -0.486 e. The van der Waals surface area contributed by atoms with Crippen molar-refractivity contribution in [3.05, 3.63) is 59.2 Å². The fraction of sp³-hybridized carbons (Fsp3) is 0.300. The van der Waals surface area contributed by atoms with Crippen LogP contribution in [0.15, 0.2) is 42.5 Å². The lowest BCUT2D eigenvalue weighted by molar-refractivity contribution is -0.131. The van der Waals surface area contributed by atoms with E-state index >= 15 is 0 Å². The lowest BCUT2D eigenvalue weighted by Crippen LogP contribution is -2.41. The average molecular weight is 352 g/mol. The van der Waals surface area contributed by atoms with Gasteiger partial charge in [-0.1, -0.05) is 30.3 Å². The van der Waals surface area contributed by atoms with Gasteiger partial charge in [-0.15, -0.1) is 0 Å². The summed E-state index contributed by atoms with van der Waals surface area (Å²) in [5.41, 5.74) is 1.53. The van der Waals surface area contributed by atoms with Crippen LogP contribution in [-0.4, -0.2) is 30.1 Å². The van der Waals surface area contributed by atoms with Gasteiger partial charge in [0.25, 0.3) is 5.91 Å². The molecule has 1 saturated heterocycles. The Labute approximate surface area is 151 Å². The molecule has 0 unspecified atom stereocenters. The zero-order valence-corrected chi connectivity index (χ0v) is 14.7. The van der Waals surface area contributed by atoms with E-state index in [-0.39, 0.29) is 12.5 Å². The highest BCUT2D eigenvalue weighted by atomic mass is 16.6. The van der Waals surface area contributed by atoms with E-state index in [1.54, 1.807) is 25.1 Å². The molecule has 1 atom stereocenters. The van der Waals surface area contributed by atoms with Crippen LogP contribution in [-0.2, 0) is 16.9 Å². The number of fused-ring (bicyclic) bond motifs is 1. The fourth-order valence-electron chi connectivity index (χ4n) is 3.35. The molecule has 0 aromatic heterocycles. The van der Waals surface area contributed by atoms with Crippen LogP contribution >= 0.6 is 0 Å². The van der Waals surface area contributed by atoms with Gasteiger partial charge in [0.05, 0.1) is 6.54 Å². The quantitative estimate of drug-likeness (QED) is 0.863. The van der Waals surface area contributed by atoms with Gasteiger partial charge in [0, 0.05) is 0 Å². The second-order valence-electron chi connectivity index (χ2n) is 6.73. The molecule has 0 saturated carbocycles. The predicted octanol–water partition coefficient (Wildman–Crippen LogP) is 2.73. The molecule has 0 aliphatic carbocycles. The second kappa shape index (κ2) is 6.05. The number of ether oxygens (including phenoxy) is 2. The summed E-state index contributed by atoms with van der Waals surface area (Å²) >= 11 is 0.